The zero-order valence-electron chi connectivity index (χ0n) is 11.5. The van der Waals surface area contributed by atoms with E-state index >= 15 is 0 Å². The molecule has 0 aromatic heterocycles. The van der Waals surface area contributed by atoms with Crippen molar-refractivity contribution in [3.63, 3.8) is 0 Å². The molecular formula is C15H29NO. The van der Waals surface area contributed by atoms with Gasteiger partial charge in [0.15, 0.2) is 0 Å². The summed E-state index contributed by atoms with van der Waals surface area (Å²) < 4.78 is 5.73. The van der Waals surface area contributed by atoms with Crippen molar-refractivity contribution >= 4 is 0 Å². The number of unbranched alkanes of at least 4 members (excludes halogenated alkanes) is 6. The van der Waals surface area contributed by atoms with Crippen LogP contribution in [0.15, 0.2) is 12.7 Å². The summed E-state index contributed by atoms with van der Waals surface area (Å²) in [6.07, 6.45) is 13.0. The molecule has 2 heteroatoms. The van der Waals surface area contributed by atoms with Gasteiger partial charge in [-0.1, -0.05) is 38.7 Å². The van der Waals surface area contributed by atoms with Crippen LogP contribution < -0.4 is 0 Å². The molecule has 1 aliphatic heterocycles. The van der Waals surface area contributed by atoms with Gasteiger partial charge >= 0.3 is 0 Å². The van der Waals surface area contributed by atoms with Gasteiger partial charge in [0.1, 0.15) is 6.23 Å². The van der Waals surface area contributed by atoms with Gasteiger partial charge in [-0.25, -0.2) is 0 Å². The van der Waals surface area contributed by atoms with Crippen LogP contribution >= 0.6 is 0 Å². The third-order valence-electron chi connectivity index (χ3n) is 3.61. The minimum Gasteiger partial charge on any atom is -0.362 e. The smallest absolute Gasteiger partial charge is 0.110 e. The van der Waals surface area contributed by atoms with E-state index in [4.69, 9.17) is 4.74 Å². The van der Waals surface area contributed by atoms with Crippen LogP contribution in [0.2, 0.25) is 0 Å². The summed E-state index contributed by atoms with van der Waals surface area (Å²) in [6, 6.07) is 0. The van der Waals surface area contributed by atoms with Gasteiger partial charge in [0.05, 0.1) is 6.61 Å². The number of nitrogens with zero attached hydrogens (tertiary/aromatic N) is 1. The first-order valence-corrected chi connectivity index (χ1v) is 7.35. The lowest BCUT2D eigenvalue weighted by molar-refractivity contribution is 0.0277. The minimum absolute atomic E-state index is 0.417. The molecule has 0 bridgehead atoms. The van der Waals surface area contributed by atoms with E-state index in [-0.39, 0.29) is 0 Å². The summed E-state index contributed by atoms with van der Waals surface area (Å²) in [5, 5.41) is 0. The van der Waals surface area contributed by atoms with Crippen molar-refractivity contribution in [3.8, 4) is 0 Å². The van der Waals surface area contributed by atoms with Gasteiger partial charge in [0.2, 0.25) is 0 Å². The second kappa shape index (κ2) is 9.67. The molecule has 1 fully saturated rings. The summed E-state index contributed by atoms with van der Waals surface area (Å²) in [5.41, 5.74) is 0. The SMILES string of the molecule is C=CCCCCCCCC[C@H]1OCCN1CC. The fourth-order valence-electron chi connectivity index (χ4n) is 2.50. The van der Waals surface area contributed by atoms with Crippen LogP contribution in [0.1, 0.15) is 58.3 Å². The molecule has 1 rings (SSSR count). The topological polar surface area (TPSA) is 12.5 Å². The first-order chi connectivity index (χ1) is 8.38. The number of hydrogen-bond acceptors (Lipinski definition) is 2. The number of allylic oxidation sites excluding steroid dienone is 1. The summed E-state index contributed by atoms with van der Waals surface area (Å²) >= 11 is 0. The van der Waals surface area contributed by atoms with Crippen molar-refractivity contribution in [2.24, 2.45) is 0 Å². The van der Waals surface area contributed by atoms with Crippen LogP contribution in [-0.4, -0.2) is 30.8 Å². The van der Waals surface area contributed by atoms with E-state index in [1.54, 1.807) is 0 Å². The molecule has 0 radical (unpaired) electrons. The fraction of sp³-hybridized carbons (Fsp3) is 0.867. The van der Waals surface area contributed by atoms with Crippen molar-refractivity contribution in [2.75, 3.05) is 19.7 Å². The Bertz CT molecular complexity index is 193. The van der Waals surface area contributed by atoms with Crippen LogP contribution in [0.4, 0.5) is 0 Å². The highest BCUT2D eigenvalue weighted by molar-refractivity contribution is 4.68. The van der Waals surface area contributed by atoms with Gasteiger partial charge in [-0.3, -0.25) is 4.90 Å². The third kappa shape index (κ3) is 6.23. The van der Waals surface area contributed by atoms with Crippen LogP contribution in [-0.2, 0) is 4.74 Å². The summed E-state index contributed by atoms with van der Waals surface area (Å²) in [4.78, 5) is 2.45. The molecule has 0 amide bonds. The maximum absolute atomic E-state index is 5.73. The minimum atomic E-state index is 0.417. The van der Waals surface area contributed by atoms with E-state index < -0.39 is 0 Å². The van der Waals surface area contributed by atoms with Gasteiger partial charge in [0.25, 0.3) is 0 Å². The first kappa shape index (κ1) is 14.7. The monoisotopic (exact) mass is 239 g/mol. The summed E-state index contributed by atoms with van der Waals surface area (Å²) in [7, 11) is 0. The Morgan fingerprint density at radius 2 is 1.88 bits per heavy atom. The van der Waals surface area contributed by atoms with Gasteiger partial charge in [0, 0.05) is 6.54 Å². The summed E-state index contributed by atoms with van der Waals surface area (Å²) in [6.45, 7) is 9.16. The molecule has 1 atom stereocenters. The zero-order chi connectivity index (χ0) is 12.3. The molecule has 0 aromatic carbocycles. The fourth-order valence-corrected chi connectivity index (χ4v) is 2.50. The Balaban J connectivity index is 1.88. The zero-order valence-corrected chi connectivity index (χ0v) is 11.5. The molecule has 1 heterocycles. The molecule has 0 spiro atoms. The Kier molecular flexibility index (Phi) is 8.37. The molecule has 0 aromatic rings. The van der Waals surface area contributed by atoms with Gasteiger partial charge in [-0.15, -0.1) is 6.58 Å². The maximum Gasteiger partial charge on any atom is 0.110 e. The lowest BCUT2D eigenvalue weighted by Crippen LogP contribution is -2.29. The van der Waals surface area contributed by atoms with Gasteiger partial charge < -0.3 is 4.74 Å². The van der Waals surface area contributed by atoms with E-state index in [9.17, 15) is 0 Å². The molecule has 100 valence electrons. The predicted molar refractivity (Wildman–Crippen MR) is 74.1 cm³/mol. The number of ether oxygens (including phenoxy) is 1. The van der Waals surface area contributed by atoms with Crippen LogP contribution in [0.5, 0.6) is 0 Å². The van der Waals surface area contributed by atoms with Crippen molar-refractivity contribution in [2.45, 2.75) is 64.5 Å². The van der Waals surface area contributed by atoms with Gasteiger partial charge in [-0.2, -0.15) is 0 Å². The second-order valence-corrected chi connectivity index (χ2v) is 4.94. The Morgan fingerprint density at radius 3 is 2.59 bits per heavy atom. The highest BCUT2D eigenvalue weighted by atomic mass is 16.5. The normalized spacial score (nSPS) is 20.9. The molecule has 0 N–H and O–H groups in total. The molecule has 1 saturated heterocycles. The molecule has 0 unspecified atom stereocenters. The highest BCUT2D eigenvalue weighted by Crippen LogP contribution is 2.17. The van der Waals surface area contributed by atoms with E-state index in [1.807, 2.05) is 6.08 Å². The molecule has 2 nitrogen and oxygen atoms in total. The van der Waals surface area contributed by atoms with E-state index in [1.165, 1.54) is 51.4 Å². The van der Waals surface area contributed by atoms with Gasteiger partial charge in [-0.05, 0) is 32.2 Å². The predicted octanol–water partition coefficient (Wildman–Crippen LogP) is 3.97. The van der Waals surface area contributed by atoms with Crippen molar-refractivity contribution in [3.05, 3.63) is 12.7 Å². The van der Waals surface area contributed by atoms with Crippen molar-refractivity contribution < 1.29 is 4.74 Å². The average Bonchev–Trinajstić information content (AvgIpc) is 2.80. The Labute approximate surface area is 107 Å². The first-order valence-electron chi connectivity index (χ1n) is 7.35. The quantitative estimate of drug-likeness (QED) is 0.422. The average molecular weight is 239 g/mol. The Morgan fingerprint density at radius 1 is 1.18 bits per heavy atom. The van der Waals surface area contributed by atoms with E-state index in [0.717, 1.165) is 19.7 Å². The largest absolute Gasteiger partial charge is 0.362 e. The highest BCUT2D eigenvalue weighted by Gasteiger charge is 2.22. The second-order valence-electron chi connectivity index (χ2n) is 4.94. The molecular weight excluding hydrogens is 210 g/mol. The standard InChI is InChI=1S/C15H29NO/c1-3-5-6-7-8-9-10-11-12-15-16(4-2)13-14-17-15/h3,15H,1,4-14H2,2H3/t15-/m1/s1. The molecule has 0 aliphatic carbocycles. The van der Waals surface area contributed by atoms with E-state index in [0.29, 0.717) is 6.23 Å². The lowest BCUT2D eigenvalue weighted by Gasteiger charge is -2.20. The lowest BCUT2D eigenvalue weighted by atomic mass is 10.1. The molecule has 0 saturated carbocycles. The number of likely N-dealkylation sites (N-methyl/N-ethyl adjacent to an activating group) is 1. The molecule has 1 aliphatic rings. The van der Waals surface area contributed by atoms with Crippen molar-refractivity contribution in [1.82, 2.24) is 4.90 Å². The Hall–Kier alpha value is -0.340. The third-order valence-corrected chi connectivity index (χ3v) is 3.61. The molecule has 17 heavy (non-hydrogen) atoms. The summed E-state index contributed by atoms with van der Waals surface area (Å²) in [5.74, 6) is 0. The number of rotatable bonds is 10. The van der Waals surface area contributed by atoms with Crippen molar-refractivity contribution in [1.29, 1.82) is 0 Å². The maximum atomic E-state index is 5.73. The van der Waals surface area contributed by atoms with Crippen LogP contribution in [0, 0.1) is 0 Å². The number of hydrogen-bond donors (Lipinski definition) is 0. The van der Waals surface area contributed by atoms with Crippen LogP contribution in [0.25, 0.3) is 0 Å². The van der Waals surface area contributed by atoms with E-state index in [2.05, 4.69) is 18.4 Å². The van der Waals surface area contributed by atoms with Crippen LogP contribution in [0.3, 0.4) is 0 Å².